The van der Waals surface area contributed by atoms with Gasteiger partial charge in [0.1, 0.15) is 0 Å². The molecule has 1 amide bonds. The number of nitrogens with one attached hydrogen (secondary N) is 1. The van der Waals surface area contributed by atoms with E-state index in [1.165, 1.54) is 12.2 Å². The van der Waals surface area contributed by atoms with Crippen molar-refractivity contribution >= 4 is 11.7 Å². The van der Waals surface area contributed by atoms with Crippen LogP contribution in [-0.2, 0) is 16.1 Å². The van der Waals surface area contributed by atoms with Gasteiger partial charge < -0.3 is 15.5 Å². The van der Waals surface area contributed by atoms with Crippen molar-refractivity contribution in [3.8, 4) is 0 Å². The van der Waals surface area contributed by atoms with E-state index in [1.807, 2.05) is 44.2 Å². The van der Waals surface area contributed by atoms with Crippen molar-refractivity contribution in [3.63, 3.8) is 0 Å². The summed E-state index contributed by atoms with van der Waals surface area (Å²) >= 11 is 0. The number of allylic oxidation sites excluding steroid dienone is 4. The molecular formula is C28H34FNO4. The van der Waals surface area contributed by atoms with Crippen LogP contribution in [0.15, 0.2) is 54.1 Å². The zero-order valence-corrected chi connectivity index (χ0v) is 20.1. The minimum atomic E-state index is -1.97. The number of hydrogen-bond acceptors (Lipinski definition) is 4. The van der Waals surface area contributed by atoms with E-state index in [4.69, 9.17) is 0 Å². The average Bonchev–Trinajstić information content (AvgIpc) is 3.01. The zero-order chi connectivity index (χ0) is 24.5. The molecule has 0 aliphatic heterocycles. The minimum Gasteiger partial charge on any atom is -0.390 e. The van der Waals surface area contributed by atoms with Gasteiger partial charge in [0, 0.05) is 23.3 Å². The maximum absolute atomic E-state index is 17.2. The molecule has 0 aromatic heterocycles. The maximum Gasteiger partial charge on any atom is 0.253 e. The molecule has 3 N–H and O–H groups in total. The molecule has 3 fully saturated rings. The minimum absolute atomic E-state index is 0.0189. The molecule has 5 nitrogen and oxygen atoms in total. The second-order valence-corrected chi connectivity index (χ2v) is 11.3. The van der Waals surface area contributed by atoms with Crippen LogP contribution in [0, 0.1) is 28.6 Å². The smallest absolute Gasteiger partial charge is 0.253 e. The highest BCUT2D eigenvalue weighted by molar-refractivity contribution is 6.01. The van der Waals surface area contributed by atoms with Crippen LogP contribution in [0.1, 0.15) is 52.0 Å². The first kappa shape index (κ1) is 23.4. The fraction of sp³-hybridized carbons (Fsp3) is 0.571. The average molecular weight is 468 g/mol. The summed E-state index contributed by atoms with van der Waals surface area (Å²) < 4.78 is 17.2. The Morgan fingerprint density at radius 3 is 2.62 bits per heavy atom. The lowest BCUT2D eigenvalue weighted by Crippen LogP contribution is -2.70. The summed E-state index contributed by atoms with van der Waals surface area (Å²) in [6.45, 7) is 5.77. The molecule has 3 saturated carbocycles. The van der Waals surface area contributed by atoms with Crippen LogP contribution in [0.5, 0.6) is 0 Å². The summed E-state index contributed by atoms with van der Waals surface area (Å²) in [7, 11) is 0. The lowest BCUT2D eigenvalue weighted by molar-refractivity contribution is -0.219. The van der Waals surface area contributed by atoms with Gasteiger partial charge in [-0.3, -0.25) is 9.59 Å². The first-order valence-electron chi connectivity index (χ1n) is 12.3. The monoisotopic (exact) mass is 467 g/mol. The number of carbonyl (C=O) groups excluding carboxylic acids is 2. The fourth-order valence-corrected chi connectivity index (χ4v) is 7.94. The van der Waals surface area contributed by atoms with Crippen molar-refractivity contribution < 1.29 is 24.2 Å². The Hall–Kier alpha value is -2.31. The van der Waals surface area contributed by atoms with Crippen LogP contribution in [0.4, 0.5) is 4.39 Å². The molecule has 1 aromatic rings. The maximum atomic E-state index is 17.2. The van der Waals surface area contributed by atoms with Gasteiger partial charge in [-0.25, -0.2) is 4.39 Å². The molecule has 4 aliphatic rings. The molecular weight excluding hydrogens is 433 g/mol. The summed E-state index contributed by atoms with van der Waals surface area (Å²) in [4.78, 5) is 25.5. The number of halogens is 1. The van der Waals surface area contributed by atoms with Crippen LogP contribution in [-0.4, -0.2) is 39.3 Å². The molecule has 0 bridgehead atoms. The van der Waals surface area contributed by atoms with E-state index in [-0.39, 0.29) is 24.0 Å². The Labute approximate surface area is 200 Å². The summed E-state index contributed by atoms with van der Waals surface area (Å²) in [6.07, 6.45) is 4.70. The van der Waals surface area contributed by atoms with Crippen LogP contribution >= 0.6 is 0 Å². The lowest BCUT2D eigenvalue weighted by Gasteiger charge is -2.62. The number of fused-ring (bicyclic) bond motifs is 5. The first-order chi connectivity index (χ1) is 16.0. The third-order valence-corrected chi connectivity index (χ3v) is 9.86. The van der Waals surface area contributed by atoms with Gasteiger partial charge >= 0.3 is 0 Å². The van der Waals surface area contributed by atoms with E-state index in [1.54, 1.807) is 13.0 Å². The van der Waals surface area contributed by atoms with E-state index in [9.17, 15) is 19.8 Å². The number of alkyl halides is 1. The number of benzene rings is 1. The molecule has 8 atom stereocenters. The van der Waals surface area contributed by atoms with Gasteiger partial charge in [-0.1, -0.05) is 55.8 Å². The van der Waals surface area contributed by atoms with Crippen molar-refractivity contribution in [2.75, 3.05) is 0 Å². The predicted octanol–water partition coefficient (Wildman–Crippen LogP) is 3.65. The Balaban J connectivity index is 1.49. The zero-order valence-electron chi connectivity index (χ0n) is 20.1. The molecule has 8 unspecified atom stereocenters. The van der Waals surface area contributed by atoms with Crippen LogP contribution in [0.3, 0.4) is 0 Å². The highest BCUT2D eigenvalue weighted by Gasteiger charge is 2.75. The summed E-state index contributed by atoms with van der Waals surface area (Å²) in [5, 5.41) is 26.3. The van der Waals surface area contributed by atoms with E-state index in [0.29, 0.717) is 25.8 Å². The van der Waals surface area contributed by atoms with Gasteiger partial charge in [-0.15, -0.1) is 0 Å². The van der Waals surface area contributed by atoms with E-state index in [0.717, 1.165) is 11.1 Å². The number of hydrogen-bond donors (Lipinski definition) is 3. The predicted molar refractivity (Wildman–Crippen MR) is 126 cm³/mol. The Morgan fingerprint density at radius 1 is 1.21 bits per heavy atom. The summed E-state index contributed by atoms with van der Waals surface area (Å²) in [5.74, 6) is -1.80. The van der Waals surface area contributed by atoms with Crippen molar-refractivity contribution in [1.82, 2.24) is 5.32 Å². The molecule has 4 aliphatic carbocycles. The lowest BCUT2D eigenvalue weighted by atomic mass is 9.44. The third-order valence-electron chi connectivity index (χ3n) is 9.86. The Kier molecular flexibility index (Phi) is 5.23. The molecule has 6 heteroatoms. The first-order valence-corrected chi connectivity index (χ1v) is 12.3. The number of ketones is 1. The molecule has 0 radical (unpaired) electrons. The van der Waals surface area contributed by atoms with Gasteiger partial charge in [0.2, 0.25) is 0 Å². The second kappa shape index (κ2) is 7.59. The quantitative estimate of drug-likeness (QED) is 0.633. The Bertz CT molecular complexity index is 1090. The van der Waals surface area contributed by atoms with Gasteiger partial charge in [0.05, 0.1) is 6.10 Å². The largest absolute Gasteiger partial charge is 0.390 e. The number of amides is 1. The van der Waals surface area contributed by atoms with Crippen molar-refractivity contribution in [2.24, 2.45) is 28.6 Å². The van der Waals surface area contributed by atoms with Gasteiger partial charge in [-0.2, -0.15) is 0 Å². The van der Waals surface area contributed by atoms with Crippen molar-refractivity contribution in [2.45, 2.75) is 70.4 Å². The number of carbonyl (C=O) groups is 2. The summed E-state index contributed by atoms with van der Waals surface area (Å²) in [6, 6.07) is 9.50. The molecule has 0 spiro atoms. The standard InChI is InChI=1S/C28H34FNO4/c1-17-13-22-21-10-9-19-14-20(31)11-12-25(19,2)27(21,29)23(32)15-26(22,3)28(17,34)24(33)30-16-18-7-5-4-6-8-18/h4-8,11-12,14,17,21-23,32,34H,9-10,13,15-16H2,1-3H3,(H,30,33). The van der Waals surface area contributed by atoms with Crippen LogP contribution < -0.4 is 5.32 Å². The van der Waals surface area contributed by atoms with Crippen LogP contribution in [0.2, 0.25) is 0 Å². The highest BCUT2D eigenvalue weighted by atomic mass is 19.1. The van der Waals surface area contributed by atoms with E-state index < -0.39 is 40.0 Å². The fourth-order valence-electron chi connectivity index (χ4n) is 7.94. The molecule has 5 rings (SSSR count). The van der Waals surface area contributed by atoms with Crippen LogP contribution in [0.25, 0.3) is 0 Å². The molecule has 34 heavy (non-hydrogen) atoms. The van der Waals surface area contributed by atoms with E-state index in [2.05, 4.69) is 5.32 Å². The molecule has 0 saturated heterocycles. The number of rotatable bonds is 3. The summed E-state index contributed by atoms with van der Waals surface area (Å²) in [5.41, 5.74) is -4.09. The van der Waals surface area contributed by atoms with Gasteiger partial charge in [-0.05, 0) is 62.2 Å². The second-order valence-electron chi connectivity index (χ2n) is 11.3. The van der Waals surface area contributed by atoms with Gasteiger partial charge in [0.15, 0.2) is 17.1 Å². The number of aliphatic hydroxyl groups excluding tert-OH is 1. The Morgan fingerprint density at radius 2 is 1.91 bits per heavy atom. The number of aliphatic hydroxyl groups is 2. The van der Waals surface area contributed by atoms with Gasteiger partial charge in [0.25, 0.3) is 5.91 Å². The van der Waals surface area contributed by atoms with E-state index >= 15 is 4.39 Å². The molecule has 182 valence electrons. The molecule has 1 aromatic carbocycles. The van der Waals surface area contributed by atoms with Crippen molar-refractivity contribution in [1.29, 1.82) is 0 Å². The highest BCUT2D eigenvalue weighted by Crippen LogP contribution is 2.70. The molecule has 0 heterocycles. The SMILES string of the molecule is CC1CC2C3CCC4=CC(=O)C=CC4(C)C3(F)C(O)CC2(C)C1(O)C(=O)NCc1ccccc1. The topological polar surface area (TPSA) is 86.6 Å². The normalized spacial score (nSPS) is 45.1. The third kappa shape index (κ3) is 2.84. The van der Waals surface area contributed by atoms with Crippen molar-refractivity contribution in [3.05, 3.63) is 59.7 Å².